The van der Waals surface area contributed by atoms with E-state index in [0.717, 1.165) is 17.1 Å². The molecule has 0 amide bonds. The van der Waals surface area contributed by atoms with E-state index in [1.165, 1.54) is 0 Å². The standard InChI is InChI=1S/C21H38O4Si2.Na.H/c1-20(2,3)26(7,8)24-17-13-11-16(12-14-19(22)23)15-18(17)25-27(9,10)21(4,5)6;;/h11,13,15H,12,14H2,1-10H3,(H,22,23);;/q;+1;-1. The van der Waals surface area contributed by atoms with Gasteiger partial charge in [0.25, 0.3) is 16.6 Å². The van der Waals surface area contributed by atoms with E-state index in [-0.39, 0.29) is 47.5 Å². The minimum atomic E-state index is -2.05. The smallest absolute Gasteiger partial charge is 1.00 e. The van der Waals surface area contributed by atoms with Gasteiger partial charge in [-0.15, -0.1) is 0 Å². The zero-order chi connectivity index (χ0) is 21.3. The molecule has 0 unspecified atom stereocenters. The average Bonchev–Trinajstić information content (AvgIpc) is 2.44. The molecule has 1 aromatic rings. The Balaban J connectivity index is 0. The molecule has 0 saturated carbocycles. The first-order valence-corrected chi connectivity index (χ1v) is 15.5. The molecule has 0 aliphatic rings. The second-order valence-corrected chi connectivity index (χ2v) is 19.8. The summed E-state index contributed by atoms with van der Waals surface area (Å²) in [6.07, 6.45) is 0.603. The van der Waals surface area contributed by atoms with Gasteiger partial charge in [-0.05, 0) is 60.4 Å². The van der Waals surface area contributed by atoms with Crippen LogP contribution in [-0.4, -0.2) is 27.7 Å². The van der Waals surface area contributed by atoms with Crippen LogP contribution in [0.25, 0.3) is 0 Å². The summed E-state index contributed by atoms with van der Waals surface area (Å²) in [7, 11) is -4.06. The third-order valence-electron chi connectivity index (χ3n) is 5.98. The van der Waals surface area contributed by atoms with Crippen LogP contribution in [0.2, 0.25) is 36.3 Å². The van der Waals surface area contributed by atoms with Crippen LogP contribution in [0.3, 0.4) is 0 Å². The molecule has 4 nitrogen and oxygen atoms in total. The Kier molecular flexibility index (Phi) is 9.59. The predicted octanol–water partition coefficient (Wildman–Crippen LogP) is 3.59. The molecule has 0 heterocycles. The largest absolute Gasteiger partial charge is 1.00 e. The molecular weight excluding hydrogens is 395 g/mol. The van der Waals surface area contributed by atoms with Crippen LogP contribution >= 0.6 is 0 Å². The monoisotopic (exact) mass is 434 g/mol. The Morgan fingerprint density at radius 1 is 0.929 bits per heavy atom. The van der Waals surface area contributed by atoms with Gasteiger partial charge in [0.1, 0.15) is 11.5 Å². The van der Waals surface area contributed by atoms with Crippen molar-refractivity contribution < 1.29 is 49.7 Å². The van der Waals surface area contributed by atoms with E-state index in [4.69, 9.17) is 14.0 Å². The Labute approximate surface area is 197 Å². The zero-order valence-electron chi connectivity index (χ0n) is 20.8. The van der Waals surface area contributed by atoms with Crippen molar-refractivity contribution in [3.63, 3.8) is 0 Å². The van der Waals surface area contributed by atoms with E-state index >= 15 is 0 Å². The molecule has 0 aliphatic heterocycles. The zero-order valence-corrected chi connectivity index (χ0v) is 23.8. The molecule has 0 radical (unpaired) electrons. The van der Waals surface area contributed by atoms with Crippen molar-refractivity contribution in [2.45, 2.75) is 90.6 Å². The Hall–Kier alpha value is -0.276. The van der Waals surface area contributed by atoms with Gasteiger partial charge in [-0.1, -0.05) is 47.6 Å². The number of aryl methyl sites for hydroxylation is 1. The third-order valence-corrected chi connectivity index (χ3v) is 14.7. The molecule has 0 aromatic heterocycles. The molecule has 156 valence electrons. The van der Waals surface area contributed by atoms with Gasteiger partial charge in [-0.3, -0.25) is 4.79 Å². The fourth-order valence-electron chi connectivity index (χ4n) is 1.98. The first-order chi connectivity index (χ1) is 12.0. The van der Waals surface area contributed by atoms with Crippen molar-refractivity contribution in [1.82, 2.24) is 0 Å². The molecular formula is C21H39NaO4Si2. The van der Waals surface area contributed by atoms with E-state index in [9.17, 15) is 4.79 Å². The van der Waals surface area contributed by atoms with E-state index in [0.29, 0.717) is 6.42 Å². The number of aliphatic carboxylic acids is 1. The summed E-state index contributed by atoms with van der Waals surface area (Å²) in [5.74, 6) is 0.753. The maximum atomic E-state index is 10.9. The molecule has 7 heteroatoms. The van der Waals surface area contributed by atoms with Gasteiger partial charge in [0.15, 0.2) is 0 Å². The van der Waals surface area contributed by atoms with Gasteiger partial charge >= 0.3 is 35.5 Å². The number of hydrogen-bond acceptors (Lipinski definition) is 3. The molecule has 0 aliphatic carbocycles. The molecule has 0 fully saturated rings. The van der Waals surface area contributed by atoms with Crippen molar-refractivity contribution in [2.75, 3.05) is 0 Å². The number of benzene rings is 1. The van der Waals surface area contributed by atoms with E-state index in [2.05, 4.69) is 67.7 Å². The van der Waals surface area contributed by atoms with Crippen LogP contribution < -0.4 is 38.4 Å². The van der Waals surface area contributed by atoms with Crippen molar-refractivity contribution in [3.8, 4) is 11.5 Å². The molecule has 1 aromatic carbocycles. The van der Waals surface area contributed by atoms with Crippen LogP contribution in [-0.2, 0) is 11.2 Å². The van der Waals surface area contributed by atoms with E-state index in [1.54, 1.807) is 0 Å². The minimum absolute atomic E-state index is 0. The van der Waals surface area contributed by atoms with Crippen LogP contribution in [0.1, 0.15) is 55.0 Å². The maximum absolute atomic E-state index is 10.9. The second kappa shape index (κ2) is 9.69. The number of carboxylic acid groups (broad SMARTS) is 1. The minimum Gasteiger partial charge on any atom is -1.00 e. The summed E-state index contributed by atoms with van der Waals surface area (Å²) in [6, 6.07) is 5.90. The van der Waals surface area contributed by atoms with Crippen molar-refractivity contribution >= 4 is 22.6 Å². The van der Waals surface area contributed by atoms with Crippen LogP contribution in [0.4, 0.5) is 0 Å². The summed E-state index contributed by atoms with van der Waals surface area (Å²) >= 11 is 0. The van der Waals surface area contributed by atoms with Gasteiger partial charge in [0.2, 0.25) is 0 Å². The summed E-state index contributed by atoms with van der Waals surface area (Å²) in [5.41, 5.74) is 0.966. The van der Waals surface area contributed by atoms with Gasteiger partial charge in [0.05, 0.1) is 0 Å². The second-order valence-electron chi connectivity index (χ2n) is 10.4. The molecule has 0 saturated heterocycles. The molecule has 1 N–H and O–H groups in total. The fourth-order valence-corrected chi connectivity index (χ4v) is 4.02. The van der Waals surface area contributed by atoms with Gasteiger partial charge in [-0.2, -0.15) is 0 Å². The molecule has 28 heavy (non-hydrogen) atoms. The van der Waals surface area contributed by atoms with Crippen molar-refractivity contribution in [1.29, 1.82) is 0 Å². The normalized spacial score (nSPS) is 12.9. The Bertz CT molecular complexity index is 680. The number of rotatable bonds is 7. The van der Waals surface area contributed by atoms with Crippen molar-refractivity contribution in [2.24, 2.45) is 0 Å². The first-order valence-electron chi connectivity index (χ1n) is 9.69. The van der Waals surface area contributed by atoms with Gasteiger partial charge in [0, 0.05) is 6.42 Å². The molecule has 0 spiro atoms. The first kappa shape index (κ1) is 27.7. The summed E-state index contributed by atoms with van der Waals surface area (Å²) < 4.78 is 13.1. The van der Waals surface area contributed by atoms with Crippen LogP contribution in [0, 0.1) is 0 Å². The summed E-state index contributed by atoms with van der Waals surface area (Å²) in [6.45, 7) is 22.2. The predicted molar refractivity (Wildman–Crippen MR) is 119 cm³/mol. The number of carboxylic acids is 1. The summed E-state index contributed by atoms with van der Waals surface area (Å²) in [4.78, 5) is 10.9. The van der Waals surface area contributed by atoms with Gasteiger partial charge < -0.3 is 15.4 Å². The van der Waals surface area contributed by atoms with Crippen molar-refractivity contribution in [3.05, 3.63) is 23.8 Å². The van der Waals surface area contributed by atoms with E-state index in [1.807, 2.05) is 18.2 Å². The molecule has 0 atom stereocenters. The number of carbonyl (C=O) groups is 1. The fraction of sp³-hybridized carbons (Fsp3) is 0.667. The maximum Gasteiger partial charge on any atom is 1.00 e. The summed E-state index contributed by atoms with van der Waals surface area (Å²) in [5, 5.41) is 9.14. The SMILES string of the molecule is CC(C)(C)[Si](C)(C)Oc1ccc(CCC(=O)O)cc1O[Si](C)(C)C(C)(C)C.[H-].[Na+]. The number of hydrogen-bond donors (Lipinski definition) is 1. The molecule has 1 rings (SSSR count). The Morgan fingerprint density at radius 3 is 1.75 bits per heavy atom. The van der Waals surface area contributed by atoms with E-state index < -0.39 is 22.6 Å². The average molecular weight is 435 g/mol. The molecule has 0 bridgehead atoms. The third kappa shape index (κ3) is 7.52. The topological polar surface area (TPSA) is 55.8 Å². The van der Waals surface area contributed by atoms with Gasteiger partial charge in [-0.25, -0.2) is 0 Å². The quantitative estimate of drug-likeness (QED) is 0.667. The Morgan fingerprint density at radius 2 is 1.36 bits per heavy atom. The van der Waals surface area contributed by atoms with Crippen LogP contribution in [0.5, 0.6) is 11.5 Å². The van der Waals surface area contributed by atoms with Crippen LogP contribution in [0.15, 0.2) is 18.2 Å².